The van der Waals surface area contributed by atoms with E-state index in [2.05, 4.69) is 0 Å². The highest BCUT2D eigenvalue weighted by atomic mass is 16.5. The van der Waals surface area contributed by atoms with Crippen LogP contribution < -0.4 is 14.4 Å². The van der Waals surface area contributed by atoms with E-state index in [0.29, 0.717) is 23.5 Å². The van der Waals surface area contributed by atoms with Gasteiger partial charge < -0.3 is 23.8 Å². The van der Waals surface area contributed by atoms with Crippen LogP contribution in [0, 0.1) is 0 Å². The molecule has 0 saturated carbocycles. The van der Waals surface area contributed by atoms with Gasteiger partial charge in [0.05, 0.1) is 44.0 Å². The Labute approximate surface area is 194 Å². The van der Waals surface area contributed by atoms with Gasteiger partial charge >= 0.3 is 11.9 Å². The summed E-state index contributed by atoms with van der Waals surface area (Å²) in [5, 5.41) is 0. The van der Waals surface area contributed by atoms with Gasteiger partial charge in [0.15, 0.2) is 0 Å². The molecule has 0 fully saturated rings. The zero-order valence-electron chi connectivity index (χ0n) is 19.4. The number of methoxy groups -OCH3 is 1. The van der Waals surface area contributed by atoms with Crippen molar-refractivity contribution in [3.63, 3.8) is 0 Å². The Morgan fingerprint density at radius 2 is 1.42 bits per heavy atom. The second-order valence-corrected chi connectivity index (χ2v) is 7.15. The first-order chi connectivity index (χ1) is 16.0. The number of hydrogen-bond donors (Lipinski definition) is 0. The van der Waals surface area contributed by atoms with E-state index in [-0.39, 0.29) is 13.2 Å². The minimum Gasteiger partial charge on any atom is -0.497 e. The van der Waals surface area contributed by atoms with Gasteiger partial charge in [-0.2, -0.15) is 0 Å². The van der Waals surface area contributed by atoms with E-state index < -0.39 is 17.9 Å². The molecule has 0 aliphatic carbocycles. The molecule has 0 amide bonds. The molecule has 3 rings (SSSR count). The van der Waals surface area contributed by atoms with E-state index in [0.717, 1.165) is 17.0 Å². The summed E-state index contributed by atoms with van der Waals surface area (Å²) in [5.74, 6) is -0.325. The molecule has 0 radical (unpaired) electrons. The summed E-state index contributed by atoms with van der Waals surface area (Å²) >= 11 is 0. The molecule has 0 saturated heterocycles. The predicted molar refractivity (Wildman–Crippen MR) is 125 cm³/mol. The molecule has 2 aromatic rings. The lowest BCUT2D eigenvalue weighted by Crippen LogP contribution is -2.29. The summed E-state index contributed by atoms with van der Waals surface area (Å²) in [5.41, 5.74) is 2.12. The maximum Gasteiger partial charge on any atom is 0.336 e. The quantitative estimate of drug-likeness (QED) is 0.516. The van der Waals surface area contributed by atoms with Gasteiger partial charge in [-0.05, 0) is 62.7 Å². The first-order valence-electron chi connectivity index (χ1n) is 10.9. The van der Waals surface area contributed by atoms with Crippen LogP contribution in [0.4, 0.5) is 5.69 Å². The normalized spacial score (nSPS) is 13.6. The van der Waals surface area contributed by atoms with Crippen molar-refractivity contribution in [2.45, 2.75) is 26.7 Å². The van der Waals surface area contributed by atoms with Gasteiger partial charge in [-0.1, -0.05) is 12.1 Å². The highest BCUT2D eigenvalue weighted by Crippen LogP contribution is 2.39. The summed E-state index contributed by atoms with van der Waals surface area (Å²) in [6.07, 6.45) is 3.39. The fourth-order valence-corrected chi connectivity index (χ4v) is 3.63. The van der Waals surface area contributed by atoms with Crippen LogP contribution in [0.2, 0.25) is 0 Å². The molecule has 7 nitrogen and oxygen atoms in total. The van der Waals surface area contributed by atoms with Gasteiger partial charge in [-0.15, -0.1) is 0 Å². The van der Waals surface area contributed by atoms with Crippen LogP contribution >= 0.6 is 0 Å². The third-order valence-corrected chi connectivity index (χ3v) is 5.07. The predicted octanol–water partition coefficient (Wildman–Crippen LogP) is 4.59. The molecular weight excluding hydrogens is 422 g/mol. The molecule has 0 unspecified atom stereocenters. The van der Waals surface area contributed by atoms with E-state index in [1.165, 1.54) is 0 Å². The summed E-state index contributed by atoms with van der Waals surface area (Å²) < 4.78 is 21.6. The van der Waals surface area contributed by atoms with Crippen LogP contribution in [0.1, 0.15) is 32.3 Å². The van der Waals surface area contributed by atoms with Crippen molar-refractivity contribution in [3.8, 4) is 11.5 Å². The molecule has 0 aromatic heterocycles. The Hall–Kier alpha value is -3.74. The lowest BCUT2D eigenvalue weighted by Gasteiger charge is -2.30. The van der Waals surface area contributed by atoms with Gasteiger partial charge in [-0.3, -0.25) is 0 Å². The number of esters is 2. The van der Waals surface area contributed by atoms with Crippen molar-refractivity contribution in [1.82, 2.24) is 0 Å². The molecule has 0 bridgehead atoms. The van der Waals surface area contributed by atoms with Crippen molar-refractivity contribution >= 4 is 17.6 Å². The summed E-state index contributed by atoms with van der Waals surface area (Å²) in [4.78, 5) is 27.8. The number of carbonyl (C=O) groups is 2. The summed E-state index contributed by atoms with van der Waals surface area (Å²) in [6, 6.07) is 14.7. The zero-order chi connectivity index (χ0) is 23.8. The molecular formula is C26H29NO6. The topological polar surface area (TPSA) is 74.3 Å². The van der Waals surface area contributed by atoms with Crippen molar-refractivity contribution in [2.24, 2.45) is 0 Å². The van der Waals surface area contributed by atoms with Crippen LogP contribution in [0.15, 0.2) is 72.1 Å². The average molecular weight is 452 g/mol. The number of benzene rings is 2. The van der Waals surface area contributed by atoms with Gasteiger partial charge in [0.25, 0.3) is 0 Å². The SMILES string of the molecule is CCOC(=O)C1=CN(c2ccc(OCC)cc2)C=C(C(=O)OCC)C1c1cccc(OC)c1. The Kier molecular flexibility index (Phi) is 8.13. The zero-order valence-corrected chi connectivity index (χ0v) is 19.4. The molecule has 0 spiro atoms. The first-order valence-corrected chi connectivity index (χ1v) is 10.9. The lowest BCUT2D eigenvalue weighted by atomic mass is 9.83. The van der Waals surface area contributed by atoms with E-state index >= 15 is 0 Å². The van der Waals surface area contributed by atoms with Crippen LogP contribution in [0.5, 0.6) is 11.5 Å². The average Bonchev–Trinajstić information content (AvgIpc) is 2.84. The van der Waals surface area contributed by atoms with Crippen LogP contribution in [-0.2, 0) is 19.1 Å². The molecule has 7 heteroatoms. The molecule has 1 aliphatic heterocycles. The molecule has 1 heterocycles. The number of hydrogen-bond acceptors (Lipinski definition) is 7. The molecule has 174 valence electrons. The van der Waals surface area contributed by atoms with Crippen LogP contribution in [-0.4, -0.2) is 38.9 Å². The van der Waals surface area contributed by atoms with Crippen LogP contribution in [0.3, 0.4) is 0 Å². The maximum atomic E-state index is 13.0. The van der Waals surface area contributed by atoms with Crippen molar-refractivity contribution < 1.29 is 28.5 Å². The Morgan fingerprint density at radius 3 is 1.94 bits per heavy atom. The minimum absolute atomic E-state index is 0.211. The van der Waals surface area contributed by atoms with Gasteiger partial charge in [0.2, 0.25) is 0 Å². The standard InChI is InChI=1S/C26H29NO6/c1-5-31-20-13-11-19(12-14-20)27-16-22(25(28)32-6-2)24(23(17-27)26(29)33-7-3)18-9-8-10-21(15-18)30-4/h8-17,24H,5-7H2,1-4H3. The Morgan fingerprint density at radius 1 is 0.818 bits per heavy atom. The number of rotatable bonds is 9. The fraction of sp³-hybridized carbons (Fsp3) is 0.308. The second-order valence-electron chi connectivity index (χ2n) is 7.15. The molecule has 1 aliphatic rings. The van der Waals surface area contributed by atoms with Gasteiger partial charge in [0, 0.05) is 18.1 Å². The summed E-state index contributed by atoms with van der Waals surface area (Å²) in [6.45, 7) is 6.39. The molecule has 0 atom stereocenters. The van der Waals surface area contributed by atoms with Crippen molar-refractivity contribution in [3.05, 3.63) is 77.6 Å². The van der Waals surface area contributed by atoms with Gasteiger partial charge in [0.1, 0.15) is 11.5 Å². The monoisotopic (exact) mass is 451 g/mol. The highest BCUT2D eigenvalue weighted by Gasteiger charge is 2.36. The second kappa shape index (κ2) is 11.2. The number of anilines is 1. The smallest absolute Gasteiger partial charge is 0.336 e. The van der Waals surface area contributed by atoms with Crippen molar-refractivity contribution in [1.29, 1.82) is 0 Å². The third-order valence-electron chi connectivity index (χ3n) is 5.07. The molecule has 0 N–H and O–H groups in total. The van der Waals surface area contributed by atoms with E-state index in [1.54, 1.807) is 50.4 Å². The van der Waals surface area contributed by atoms with E-state index in [1.807, 2.05) is 43.3 Å². The number of ether oxygens (including phenoxy) is 4. The molecule has 33 heavy (non-hydrogen) atoms. The molecule has 2 aromatic carbocycles. The van der Waals surface area contributed by atoms with Gasteiger partial charge in [-0.25, -0.2) is 9.59 Å². The largest absolute Gasteiger partial charge is 0.497 e. The number of carbonyl (C=O) groups excluding carboxylic acids is 2. The summed E-state index contributed by atoms with van der Waals surface area (Å²) in [7, 11) is 1.57. The first kappa shape index (κ1) is 23.9. The number of nitrogens with zero attached hydrogens (tertiary/aromatic N) is 1. The van der Waals surface area contributed by atoms with E-state index in [9.17, 15) is 9.59 Å². The Bertz CT molecular complexity index is 1010. The maximum absolute atomic E-state index is 13.0. The van der Waals surface area contributed by atoms with Crippen molar-refractivity contribution in [2.75, 3.05) is 31.8 Å². The lowest BCUT2D eigenvalue weighted by molar-refractivity contribution is -0.139. The minimum atomic E-state index is -0.669. The fourth-order valence-electron chi connectivity index (χ4n) is 3.63. The van der Waals surface area contributed by atoms with Crippen LogP contribution in [0.25, 0.3) is 0 Å². The van der Waals surface area contributed by atoms with E-state index in [4.69, 9.17) is 18.9 Å². The Balaban J connectivity index is 2.13. The highest BCUT2D eigenvalue weighted by molar-refractivity contribution is 6.00. The third kappa shape index (κ3) is 5.55.